The first-order chi connectivity index (χ1) is 10.5. The van der Waals surface area contributed by atoms with Gasteiger partial charge in [-0.1, -0.05) is 19.9 Å². The Balaban J connectivity index is 2.11. The van der Waals surface area contributed by atoms with E-state index in [2.05, 4.69) is 58.9 Å². The van der Waals surface area contributed by atoms with Crippen LogP contribution in [0.4, 0.5) is 0 Å². The summed E-state index contributed by atoms with van der Waals surface area (Å²) in [5, 5.41) is 4.45. The molecule has 0 saturated carbocycles. The zero-order chi connectivity index (χ0) is 15.9. The molecule has 1 aliphatic rings. The van der Waals surface area contributed by atoms with E-state index >= 15 is 0 Å². The Morgan fingerprint density at radius 1 is 1.36 bits per heavy atom. The summed E-state index contributed by atoms with van der Waals surface area (Å²) in [4.78, 5) is 4.60. The van der Waals surface area contributed by atoms with Crippen LogP contribution in [0.2, 0.25) is 0 Å². The maximum absolute atomic E-state index is 5.56. The molecule has 2 aromatic rings. The normalized spacial score (nSPS) is 17.6. The summed E-state index contributed by atoms with van der Waals surface area (Å²) >= 11 is 3.41. The molecule has 1 unspecified atom stereocenters. The van der Waals surface area contributed by atoms with Gasteiger partial charge in [0, 0.05) is 12.5 Å². The third-order valence-corrected chi connectivity index (χ3v) is 4.80. The van der Waals surface area contributed by atoms with Gasteiger partial charge in [0.2, 0.25) is 4.73 Å². The fourth-order valence-electron chi connectivity index (χ4n) is 3.34. The van der Waals surface area contributed by atoms with Crippen LogP contribution < -0.4 is 4.74 Å². The molecule has 1 atom stereocenters. The lowest BCUT2D eigenvalue weighted by atomic mass is 9.85. The quantitative estimate of drug-likeness (QED) is 0.810. The third-order valence-electron chi connectivity index (χ3n) is 4.46. The molecule has 22 heavy (non-hydrogen) atoms. The van der Waals surface area contributed by atoms with Gasteiger partial charge in [-0.05, 0) is 64.4 Å². The molecule has 0 aliphatic carbocycles. The summed E-state index contributed by atoms with van der Waals surface area (Å²) in [5.41, 5.74) is 3.88. The van der Waals surface area contributed by atoms with Crippen molar-refractivity contribution < 1.29 is 4.74 Å². The fraction of sp³-hybridized carbons (Fsp3) is 0.529. The highest BCUT2D eigenvalue weighted by Gasteiger charge is 2.27. The molecule has 0 bridgehead atoms. The maximum Gasteiger partial charge on any atom is 0.217 e. The number of hydrogen-bond donors (Lipinski definition) is 0. The first kappa shape index (κ1) is 15.5. The summed E-state index contributed by atoms with van der Waals surface area (Å²) in [5.74, 6) is 2.80. The standard InChI is InChI=1S/C17H22BrN3O/c1-10(2)13-9-14(11(3)8-15(13)22-4)12-6-5-7-21-16(12)19-17(18)20-21/h8-10,12H,5-7H2,1-4H3. The summed E-state index contributed by atoms with van der Waals surface area (Å²) in [6, 6.07) is 4.47. The van der Waals surface area contributed by atoms with Crippen molar-refractivity contribution in [2.45, 2.75) is 52.0 Å². The van der Waals surface area contributed by atoms with E-state index in [0.29, 0.717) is 16.6 Å². The highest BCUT2D eigenvalue weighted by Crippen LogP contribution is 2.38. The lowest BCUT2D eigenvalue weighted by molar-refractivity contribution is 0.406. The van der Waals surface area contributed by atoms with Crippen LogP contribution in [-0.2, 0) is 6.54 Å². The van der Waals surface area contributed by atoms with E-state index in [-0.39, 0.29) is 0 Å². The van der Waals surface area contributed by atoms with E-state index in [1.807, 2.05) is 4.68 Å². The van der Waals surface area contributed by atoms with Gasteiger partial charge in [-0.2, -0.15) is 0 Å². The average Bonchev–Trinajstić information content (AvgIpc) is 2.86. The Morgan fingerprint density at radius 3 is 2.82 bits per heavy atom. The van der Waals surface area contributed by atoms with E-state index in [9.17, 15) is 0 Å². The molecule has 0 amide bonds. The Morgan fingerprint density at radius 2 is 2.14 bits per heavy atom. The van der Waals surface area contributed by atoms with Gasteiger partial charge in [0.25, 0.3) is 0 Å². The van der Waals surface area contributed by atoms with Gasteiger partial charge in [-0.15, -0.1) is 5.10 Å². The number of fused-ring (bicyclic) bond motifs is 1. The van der Waals surface area contributed by atoms with Crippen molar-refractivity contribution in [3.05, 3.63) is 39.4 Å². The molecule has 1 aromatic heterocycles. The molecule has 4 nitrogen and oxygen atoms in total. The van der Waals surface area contributed by atoms with Crippen molar-refractivity contribution in [1.82, 2.24) is 14.8 Å². The zero-order valence-corrected chi connectivity index (χ0v) is 15.1. The molecule has 5 heteroatoms. The molecule has 0 radical (unpaired) electrons. The third kappa shape index (κ3) is 2.67. The minimum Gasteiger partial charge on any atom is -0.496 e. The van der Waals surface area contributed by atoms with Crippen LogP contribution in [0.1, 0.15) is 61.0 Å². The van der Waals surface area contributed by atoms with Crippen molar-refractivity contribution in [2.24, 2.45) is 0 Å². The zero-order valence-electron chi connectivity index (χ0n) is 13.6. The van der Waals surface area contributed by atoms with Crippen molar-refractivity contribution in [1.29, 1.82) is 0 Å². The Labute approximate surface area is 140 Å². The van der Waals surface area contributed by atoms with Crippen LogP contribution in [0.5, 0.6) is 5.75 Å². The van der Waals surface area contributed by atoms with Gasteiger partial charge < -0.3 is 4.74 Å². The number of ether oxygens (including phenoxy) is 1. The van der Waals surface area contributed by atoms with Crippen molar-refractivity contribution in [2.75, 3.05) is 7.11 Å². The Bertz CT molecular complexity index is 693. The van der Waals surface area contributed by atoms with Crippen LogP contribution in [0.15, 0.2) is 16.9 Å². The van der Waals surface area contributed by atoms with Crippen LogP contribution >= 0.6 is 15.9 Å². The number of nitrogens with zero attached hydrogens (tertiary/aromatic N) is 3. The smallest absolute Gasteiger partial charge is 0.217 e. The van der Waals surface area contributed by atoms with Crippen LogP contribution in [0.3, 0.4) is 0 Å². The largest absolute Gasteiger partial charge is 0.496 e. The van der Waals surface area contributed by atoms with Gasteiger partial charge in [0.15, 0.2) is 0 Å². The number of aromatic nitrogens is 3. The van der Waals surface area contributed by atoms with E-state index in [4.69, 9.17) is 4.74 Å². The molecule has 0 saturated heterocycles. The molecule has 0 N–H and O–H groups in total. The van der Waals surface area contributed by atoms with Crippen molar-refractivity contribution >= 4 is 15.9 Å². The molecule has 118 valence electrons. The molecule has 0 spiro atoms. The second-order valence-electron chi connectivity index (χ2n) is 6.26. The van der Waals surface area contributed by atoms with Crippen LogP contribution in [0.25, 0.3) is 0 Å². The van der Waals surface area contributed by atoms with E-state index < -0.39 is 0 Å². The molecule has 0 fully saturated rings. The number of aryl methyl sites for hydroxylation is 2. The van der Waals surface area contributed by atoms with Gasteiger partial charge in [-0.3, -0.25) is 0 Å². The number of halogens is 1. The molecule has 1 aromatic carbocycles. The number of rotatable bonds is 3. The minimum absolute atomic E-state index is 0.316. The molecular weight excluding hydrogens is 342 g/mol. The first-order valence-corrected chi connectivity index (χ1v) is 8.59. The molecular formula is C17H22BrN3O. The fourth-order valence-corrected chi connectivity index (χ4v) is 3.71. The number of hydrogen-bond acceptors (Lipinski definition) is 3. The monoisotopic (exact) mass is 363 g/mol. The summed E-state index contributed by atoms with van der Waals surface area (Å²) in [6.45, 7) is 7.52. The highest BCUT2D eigenvalue weighted by molar-refractivity contribution is 9.10. The predicted octanol–water partition coefficient (Wildman–Crippen LogP) is 4.41. The summed E-state index contributed by atoms with van der Waals surface area (Å²) in [7, 11) is 1.74. The van der Waals surface area contributed by atoms with Crippen molar-refractivity contribution in [3.63, 3.8) is 0 Å². The summed E-state index contributed by atoms with van der Waals surface area (Å²) < 4.78 is 8.29. The second-order valence-corrected chi connectivity index (χ2v) is 6.97. The number of benzene rings is 1. The maximum atomic E-state index is 5.56. The SMILES string of the molecule is COc1cc(C)c(C2CCCn3nc(Br)nc32)cc1C(C)C. The first-order valence-electron chi connectivity index (χ1n) is 7.80. The van der Waals surface area contributed by atoms with E-state index in [0.717, 1.165) is 31.0 Å². The van der Waals surface area contributed by atoms with Gasteiger partial charge in [0.1, 0.15) is 11.6 Å². The topological polar surface area (TPSA) is 39.9 Å². The van der Waals surface area contributed by atoms with E-state index in [1.54, 1.807) is 7.11 Å². The lowest BCUT2D eigenvalue weighted by Gasteiger charge is -2.25. The van der Waals surface area contributed by atoms with Gasteiger partial charge in [0.05, 0.1) is 7.11 Å². The van der Waals surface area contributed by atoms with Crippen LogP contribution in [0, 0.1) is 6.92 Å². The van der Waals surface area contributed by atoms with Crippen LogP contribution in [-0.4, -0.2) is 21.9 Å². The Hall–Kier alpha value is -1.36. The molecule has 3 rings (SSSR count). The predicted molar refractivity (Wildman–Crippen MR) is 90.6 cm³/mol. The van der Waals surface area contributed by atoms with Gasteiger partial charge >= 0.3 is 0 Å². The van der Waals surface area contributed by atoms with Gasteiger partial charge in [-0.25, -0.2) is 9.67 Å². The molecule has 1 aliphatic heterocycles. The Kier molecular flexibility index (Phi) is 4.26. The highest BCUT2D eigenvalue weighted by atomic mass is 79.9. The summed E-state index contributed by atoms with van der Waals surface area (Å²) in [6.07, 6.45) is 2.26. The number of methoxy groups -OCH3 is 1. The second kappa shape index (κ2) is 6.03. The lowest BCUT2D eigenvalue weighted by Crippen LogP contribution is -2.19. The average molecular weight is 364 g/mol. The van der Waals surface area contributed by atoms with E-state index in [1.165, 1.54) is 16.7 Å². The molecule has 2 heterocycles. The van der Waals surface area contributed by atoms with Crippen molar-refractivity contribution in [3.8, 4) is 5.75 Å². The minimum atomic E-state index is 0.316.